The fourth-order valence-corrected chi connectivity index (χ4v) is 2.46. The number of nitrogens with zero attached hydrogens (tertiary/aromatic N) is 1. The summed E-state index contributed by atoms with van der Waals surface area (Å²) in [5.74, 6) is -0.783. The van der Waals surface area contributed by atoms with E-state index in [0.717, 1.165) is 4.90 Å². The zero-order chi connectivity index (χ0) is 16.4. The molecule has 1 aliphatic rings. The number of fused-ring (bicyclic) bond motifs is 1. The van der Waals surface area contributed by atoms with E-state index in [4.69, 9.17) is 0 Å². The molecule has 6 heteroatoms. The van der Waals surface area contributed by atoms with Crippen LogP contribution in [-0.2, 0) is 4.79 Å². The fraction of sp³-hybridized carbons (Fsp3) is 0.118. The lowest BCUT2D eigenvalue weighted by atomic mass is 10.1. The highest BCUT2D eigenvalue weighted by atomic mass is 16.2. The van der Waals surface area contributed by atoms with Crippen LogP contribution in [0.1, 0.15) is 27.6 Å². The maximum atomic E-state index is 12.2. The fourth-order valence-electron chi connectivity index (χ4n) is 2.46. The number of amides is 3. The number of carbonyl (C=O) groups excluding carboxylic acids is 3. The Morgan fingerprint density at radius 3 is 2.17 bits per heavy atom. The van der Waals surface area contributed by atoms with Crippen LogP contribution >= 0.6 is 0 Å². The number of imide groups is 1. The van der Waals surface area contributed by atoms with E-state index in [9.17, 15) is 14.4 Å². The molecule has 3 rings (SSSR count). The molecule has 2 N–H and O–H groups in total. The van der Waals surface area contributed by atoms with Crippen molar-refractivity contribution in [2.45, 2.75) is 6.92 Å². The van der Waals surface area contributed by atoms with Crippen LogP contribution in [0.25, 0.3) is 0 Å². The van der Waals surface area contributed by atoms with Crippen LogP contribution in [-0.4, -0.2) is 29.3 Å². The summed E-state index contributed by atoms with van der Waals surface area (Å²) < 4.78 is 0. The summed E-state index contributed by atoms with van der Waals surface area (Å²) in [5.41, 5.74) is 2.19. The van der Waals surface area contributed by atoms with Gasteiger partial charge in [0, 0.05) is 18.3 Å². The van der Waals surface area contributed by atoms with Gasteiger partial charge < -0.3 is 10.6 Å². The molecular weight excluding hydrogens is 294 g/mol. The number of nitrogens with one attached hydrogen (secondary N) is 2. The first-order chi connectivity index (χ1) is 11.1. The smallest absolute Gasteiger partial charge is 0.263 e. The Morgan fingerprint density at radius 2 is 1.57 bits per heavy atom. The molecule has 1 heterocycles. The predicted octanol–water partition coefficient (Wildman–Crippen LogP) is 2.31. The Hall–Kier alpha value is -3.15. The standard InChI is InChI=1S/C17H15N3O3/c1-11(21)19-13-6-4-5-12(9-13)18-10-20-16(22)14-7-2-3-8-15(14)17(20)23/h2-9,18H,10H2,1H3,(H,19,21). The quantitative estimate of drug-likeness (QED) is 0.850. The Kier molecular flexibility index (Phi) is 3.80. The van der Waals surface area contributed by atoms with Crippen molar-refractivity contribution in [3.05, 3.63) is 59.7 Å². The van der Waals surface area contributed by atoms with E-state index < -0.39 is 0 Å². The normalized spacial score (nSPS) is 13.0. The maximum absolute atomic E-state index is 12.2. The SMILES string of the molecule is CC(=O)Nc1cccc(NCN2C(=O)c3ccccc3C2=O)c1. The van der Waals surface area contributed by atoms with Crippen molar-refractivity contribution in [2.24, 2.45) is 0 Å². The van der Waals surface area contributed by atoms with Gasteiger partial charge in [0.25, 0.3) is 11.8 Å². The van der Waals surface area contributed by atoms with Gasteiger partial charge in [-0.3, -0.25) is 19.3 Å². The molecule has 0 atom stereocenters. The molecule has 0 radical (unpaired) electrons. The summed E-state index contributed by atoms with van der Waals surface area (Å²) in [4.78, 5) is 36.7. The van der Waals surface area contributed by atoms with E-state index in [2.05, 4.69) is 10.6 Å². The monoisotopic (exact) mass is 309 g/mol. The van der Waals surface area contributed by atoms with E-state index in [1.807, 2.05) is 0 Å². The minimum Gasteiger partial charge on any atom is -0.367 e. The molecule has 0 bridgehead atoms. The second-order valence-corrected chi connectivity index (χ2v) is 5.18. The van der Waals surface area contributed by atoms with Crippen LogP contribution < -0.4 is 10.6 Å². The molecule has 0 aromatic heterocycles. The third-order valence-corrected chi connectivity index (χ3v) is 3.50. The van der Waals surface area contributed by atoms with E-state index in [1.54, 1.807) is 48.5 Å². The van der Waals surface area contributed by atoms with Gasteiger partial charge in [-0.15, -0.1) is 0 Å². The summed E-state index contributed by atoms with van der Waals surface area (Å²) in [7, 11) is 0. The van der Waals surface area contributed by atoms with E-state index in [1.165, 1.54) is 6.92 Å². The number of hydrogen-bond donors (Lipinski definition) is 2. The van der Waals surface area contributed by atoms with Gasteiger partial charge in [-0.25, -0.2) is 0 Å². The zero-order valence-electron chi connectivity index (χ0n) is 12.5. The molecule has 2 aromatic rings. The van der Waals surface area contributed by atoms with E-state index in [0.29, 0.717) is 22.5 Å². The number of carbonyl (C=O) groups is 3. The molecule has 23 heavy (non-hydrogen) atoms. The van der Waals surface area contributed by atoms with Crippen molar-refractivity contribution >= 4 is 29.1 Å². The van der Waals surface area contributed by atoms with Crippen LogP contribution in [0.3, 0.4) is 0 Å². The Balaban J connectivity index is 1.71. The van der Waals surface area contributed by atoms with Crippen molar-refractivity contribution < 1.29 is 14.4 Å². The highest BCUT2D eigenvalue weighted by Gasteiger charge is 2.34. The first kappa shape index (κ1) is 14.8. The molecule has 0 saturated heterocycles. The van der Waals surface area contributed by atoms with Crippen LogP contribution in [0.5, 0.6) is 0 Å². The van der Waals surface area contributed by atoms with Gasteiger partial charge in [0.1, 0.15) is 0 Å². The molecular formula is C17H15N3O3. The highest BCUT2D eigenvalue weighted by molar-refractivity contribution is 6.21. The zero-order valence-corrected chi connectivity index (χ0v) is 12.5. The molecule has 0 unspecified atom stereocenters. The van der Waals surface area contributed by atoms with Crippen molar-refractivity contribution in [3.63, 3.8) is 0 Å². The molecule has 3 amide bonds. The maximum Gasteiger partial charge on any atom is 0.263 e. The second kappa shape index (κ2) is 5.92. The topological polar surface area (TPSA) is 78.5 Å². The Bertz CT molecular complexity index is 766. The number of rotatable bonds is 4. The van der Waals surface area contributed by atoms with Gasteiger partial charge in [0.15, 0.2) is 0 Å². The third kappa shape index (κ3) is 2.91. The van der Waals surface area contributed by atoms with Crippen molar-refractivity contribution in [1.29, 1.82) is 0 Å². The molecule has 0 aliphatic carbocycles. The van der Waals surface area contributed by atoms with Crippen LogP contribution in [0.15, 0.2) is 48.5 Å². The molecule has 6 nitrogen and oxygen atoms in total. The van der Waals surface area contributed by atoms with Gasteiger partial charge in [-0.2, -0.15) is 0 Å². The van der Waals surface area contributed by atoms with Crippen LogP contribution in [0.2, 0.25) is 0 Å². The average Bonchev–Trinajstić information content (AvgIpc) is 2.77. The minimum atomic E-state index is -0.309. The van der Waals surface area contributed by atoms with Crippen LogP contribution in [0, 0.1) is 0 Å². The second-order valence-electron chi connectivity index (χ2n) is 5.18. The first-order valence-corrected chi connectivity index (χ1v) is 7.13. The Labute approximate surface area is 133 Å². The average molecular weight is 309 g/mol. The first-order valence-electron chi connectivity index (χ1n) is 7.13. The van der Waals surface area contributed by atoms with Gasteiger partial charge in [-0.05, 0) is 30.3 Å². The highest BCUT2D eigenvalue weighted by Crippen LogP contribution is 2.22. The molecule has 0 fully saturated rings. The Morgan fingerprint density at radius 1 is 0.957 bits per heavy atom. The summed E-state index contributed by atoms with van der Waals surface area (Å²) in [6, 6.07) is 13.8. The number of hydrogen-bond acceptors (Lipinski definition) is 4. The lowest BCUT2D eigenvalue weighted by molar-refractivity contribution is -0.114. The molecule has 2 aromatic carbocycles. The van der Waals surface area contributed by atoms with Crippen molar-refractivity contribution in [1.82, 2.24) is 4.90 Å². The third-order valence-electron chi connectivity index (χ3n) is 3.50. The van der Waals surface area contributed by atoms with E-state index in [-0.39, 0.29) is 24.4 Å². The van der Waals surface area contributed by atoms with Gasteiger partial charge in [0.05, 0.1) is 17.8 Å². The predicted molar refractivity (Wildman–Crippen MR) is 86.2 cm³/mol. The van der Waals surface area contributed by atoms with E-state index >= 15 is 0 Å². The van der Waals surface area contributed by atoms with Crippen LogP contribution in [0.4, 0.5) is 11.4 Å². The number of benzene rings is 2. The van der Waals surface area contributed by atoms with Gasteiger partial charge in [-0.1, -0.05) is 18.2 Å². The lowest BCUT2D eigenvalue weighted by Crippen LogP contribution is -2.34. The lowest BCUT2D eigenvalue weighted by Gasteiger charge is -2.16. The van der Waals surface area contributed by atoms with Crippen molar-refractivity contribution in [3.8, 4) is 0 Å². The van der Waals surface area contributed by atoms with Crippen molar-refractivity contribution in [2.75, 3.05) is 17.3 Å². The summed E-state index contributed by atoms with van der Waals surface area (Å²) in [6.45, 7) is 1.49. The summed E-state index contributed by atoms with van der Waals surface area (Å²) >= 11 is 0. The van der Waals surface area contributed by atoms with Gasteiger partial charge >= 0.3 is 0 Å². The minimum absolute atomic E-state index is 0.0653. The molecule has 116 valence electrons. The number of anilines is 2. The molecule has 0 spiro atoms. The molecule has 1 aliphatic heterocycles. The summed E-state index contributed by atoms with van der Waals surface area (Å²) in [6.07, 6.45) is 0. The van der Waals surface area contributed by atoms with Gasteiger partial charge in [0.2, 0.25) is 5.91 Å². The summed E-state index contributed by atoms with van der Waals surface area (Å²) in [5, 5.41) is 5.71. The largest absolute Gasteiger partial charge is 0.367 e. The molecule has 0 saturated carbocycles.